The van der Waals surface area contributed by atoms with Gasteiger partial charge >= 0.3 is 0 Å². The number of pyridine rings is 3. The molecule has 266 valence electrons. The van der Waals surface area contributed by atoms with Crippen LogP contribution < -0.4 is 0 Å². The lowest BCUT2D eigenvalue weighted by Gasteiger charge is -2.10. The molecule has 0 aliphatic carbocycles. The standard InChI is InChI=1S/C45H53N3S3/c1-3-5-7-9-11-13-20-36-37(21-14-12-10-8-6-4-2)45(51-44(36)42-24-19-31-49-42)43-28-27-35(50-43)26-25-34-32-40(38-22-15-17-29-46-38)48-41(33-34)39-23-16-18-30-47-39/h15-19,22-24,27-33H,3-14,20-21,25-26H2,1-2H3. The first kappa shape index (κ1) is 37.3. The normalized spacial score (nSPS) is 11.4. The molecule has 0 unspecified atom stereocenters. The Kier molecular flexibility index (Phi) is 14.6. The molecule has 0 aromatic carbocycles. The van der Waals surface area contributed by atoms with Crippen LogP contribution in [-0.4, -0.2) is 15.0 Å². The molecule has 0 amide bonds. The van der Waals surface area contributed by atoms with Gasteiger partial charge in [-0.25, -0.2) is 4.98 Å². The Labute approximate surface area is 318 Å². The Morgan fingerprint density at radius 3 is 1.63 bits per heavy atom. The predicted molar refractivity (Wildman–Crippen MR) is 223 cm³/mol. The molecule has 3 nitrogen and oxygen atoms in total. The van der Waals surface area contributed by atoms with Crippen LogP contribution in [0, 0.1) is 0 Å². The Hall–Kier alpha value is -3.45. The Balaban J connectivity index is 1.25. The third-order valence-electron chi connectivity index (χ3n) is 9.71. The van der Waals surface area contributed by atoms with E-state index in [1.165, 1.54) is 120 Å². The number of hydrogen-bond acceptors (Lipinski definition) is 6. The Morgan fingerprint density at radius 2 is 1.08 bits per heavy atom. The van der Waals surface area contributed by atoms with Crippen molar-refractivity contribution in [3.63, 3.8) is 0 Å². The number of nitrogens with zero attached hydrogens (tertiary/aromatic N) is 3. The van der Waals surface area contributed by atoms with Gasteiger partial charge in [0.15, 0.2) is 0 Å². The molecule has 0 atom stereocenters. The zero-order valence-corrected chi connectivity index (χ0v) is 33.0. The fourth-order valence-corrected chi connectivity index (χ4v) is 10.3. The summed E-state index contributed by atoms with van der Waals surface area (Å²) in [6, 6.07) is 25.8. The zero-order valence-electron chi connectivity index (χ0n) is 30.5. The molecule has 51 heavy (non-hydrogen) atoms. The van der Waals surface area contributed by atoms with Gasteiger partial charge in [0.05, 0.1) is 22.8 Å². The van der Waals surface area contributed by atoms with Gasteiger partial charge in [-0.3, -0.25) is 9.97 Å². The van der Waals surface area contributed by atoms with Gasteiger partial charge in [-0.15, -0.1) is 34.0 Å². The second-order valence-corrected chi connectivity index (χ2v) is 16.8. The van der Waals surface area contributed by atoms with E-state index in [9.17, 15) is 0 Å². The third kappa shape index (κ3) is 10.6. The van der Waals surface area contributed by atoms with Crippen LogP contribution in [0.3, 0.4) is 0 Å². The van der Waals surface area contributed by atoms with Gasteiger partial charge in [0, 0.05) is 36.8 Å². The van der Waals surface area contributed by atoms with Crippen LogP contribution in [0.1, 0.15) is 112 Å². The van der Waals surface area contributed by atoms with Crippen molar-refractivity contribution in [3.8, 4) is 42.3 Å². The summed E-state index contributed by atoms with van der Waals surface area (Å²) < 4.78 is 0. The Bertz CT molecular complexity index is 1820. The molecule has 6 rings (SSSR count). The highest BCUT2D eigenvalue weighted by molar-refractivity contribution is 7.26. The second kappa shape index (κ2) is 20.0. The fourth-order valence-electron chi connectivity index (χ4n) is 6.92. The van der Waals surface area contributed by atoms with Crippen molar-refractivity contribution in [1.82, 2.24) is 15.0 Å². The topological polar surface area (TPSA) is 38.7 Å². The van der Waals surface area contributed by atoms with E-state index in [1.54, 1.807) is 11.1 Å². The van der Waals surface area contributed by atoms with E-state index in [4.69, 9.17) is 4.98 Å². The quantitative estimate of drug-likeness (QED) is 0.0692. The predicted octanol–water partition coefficient (Wildman–Crippen LogP) is 14.3. The van der Waals surface area contributed by atoms with Crippen LogP contribution in [0.25, 0.3) is 42.3 Å². The first-order valence-corrected chi connectivity index (χ1v) is 21.9. The van der Waals surface area contributed by atoms with Crippen LogP contribution in [0.4, 0.5) is 0 Å². The number of unbranched alkanes of at least 4 members (excludes halogenated alkanes) is 10. The molecule has 0 N–H and O–H groups in total. The van der Waals surface area contributed by atoms with Crippen LogP contribution >= 0.6 is 34.0 Å². The minimum Gasteiger partial charge on any atom is -0.255 e. The summed E-state index contributed by atoms with van der Waals surface area (Å²) in [5, 5.41) is 2.25. The maximum atomic E-state index is 4.98. The van der Waals surface area contributed by atoms with Crippen molar-refractivity contribution >= 4 is 34.0 Å². The molecule has 6 aromatic heterocycles. The summed E-state index contributed by atoms with van der Waals surface area (Å²) in [6.07, 6.45) is 24.1. The highest BCUT2D eigenvalue weighted by atomic mass is 32.1. The fraction of sp³-hybridized carbons (Fsp3) is 0.400. The molecule has 0 saturated heterocycles. The average molecular weight is 732 g/mol. The van der Waals surface area contributed by atoms with Crippen LogP contribution in [0.15, 0.2) is 90.6 Å². The molecular weight excluding hydrogens is 679 g/mol. The molecule has 0 fully saturated rings. The molecule has 6 heteroatoms. The summed E-state index contributed by atoms with van der Waals surface area (Å²) in [5.74, 6) is 0. The maximum absolute atomic E-state index is 4.98. The maximum Gasteiger partial charge on any atom is 0.0897 e. The van der Waals surface area contributed by atoms with E-state index in [0.29, 0.717) is 0 Å². The average Bonchev–Trinajstić information content (AvgIpc) is 3.95. The van der Waals surface area contributed by atoms with Crippen molar-refractivity contribution < 1.29 is 0 Å². The van der Waals surface area contributed by atoms with Gasteiger partial charge in [0.25, 0.3) is 0 Å². The summed E-state index contributed by atoms with van der Waals surface area (Å²) in [5.41, 5.74) is 8.15. The molecule has 0 bridgehead atoms. The highest BCUT2D eigenvalue weighted by Gasteiger charge is 2.22. The number of hydrogen-bond donors (Lipinski definition) is 0. The molecule has 0 aliphatic heterocycles. The minimum atomic E-state index is 0.892. The zero-order chi connectivity index (χ0) is 35.1. The second-order valence-electron chi connectivity index (χ2n) is 13.7. The molecule has 0 radical (unpaired) electrons. The van der Waals surface area contributed by atoms with E-state index < -0.39 is 0 Å². The summed E-state index contributed by atoms with van der Waals surface area (Å²) in [4.78, 5) is 21.6. The lowest BCUT2D eigenvalue weighted by Crippen LogP contribution is -1.97. The molecular formula is C45H53N3S3. The van der Waals surface area contributed by atoms with Gasteiger partial charge in [0.2, 0.25) is 0 Å². The van der Waals surface area contributed by atoms with Crippen molar-refractivity contribution in [2.45, 2.75) is 117 Å². The summed E-state index contributed by atoms with van der Waals surface area (Å²) >= 11 is 5.97. The van der Waals surface area contributed by atoms with Crippen LogP contribution in [0.5, 0.6) is 0 Å². The number of aromatic nitrogens is 3. The molecule has 6 aromatic rings. The van der Waals surface area contributed by atoms with Gasteiger partial charge in [-0.05, 0) is 115 Å². The SMILES string of the molecule is CCCCCCCCc1c(-c2cccs2)sc(-c2ccc(CCc3cc(-c4ccccn4)nc(-c4ccccn4)c3)s2)c1CCCCCCCC. The van der Waals surface area contributed by atoms with Gasteiger partial charge in [0.1, 0.15) is 0 Å². The molecule has 6 heterocycles. The lowest BCUT2D eigenvalue weighted by molar-refractivity contribution is 0.600. The first-order chi connectivity index (χ1) is 25.2. The monoisotopic (exact) mass is 731 g/mol. The number of aryl methyl sites for hydroxylation is 2. The van der Waals surface area contributed by atoms with Gasteiger partial charge in [-0.1, -0.05) is 96.3 Å². The third-order valence-corrected chi connectivity index (χ3v) is 13.4. The summed E-state index contributed by atoms with van der Waals surface area (Å²) in [7, 11) is 0. The molecule has 0 aliphatic rings. The van der Waals surface area contributed by atoms with E-state index in [0.717, 1.165) is 35.6 Å². The van der Waals surface area contributed by atoms with Crippen molar-refractivity contribution in [2.24, 2.45) is 0 Å². The van der Waals surface area contributed by atoms with E-state index in [2.05, 4.69) is 76.9 Å². The van der Waals surface area contributed by atoms with Crippen LogP contribution in [0.2, 0.25) is 0 Å². The lowest BCUT2D eigenvalue weighted by atomic mass is 9.95. The first-order valence-electron chi connectivity index (χ1n) is 19.3. The van der Waals surface area contributed by atoms with Gasteiger partial charge in [-0.2, -0.15) is 0 Å². The molecule has 0 spiro atoms. The smallest absolute Gasteiger partial charge is 0.0897 e. The van der Waals surface area contributed by atoms with E-state index in [-0.39, 0.29) is 0 Å². The summed E-state index contributed by atoms with van der Waals surface area (Å²) in [6.45, 7) is 4.62. The Morgan fingerprint density at radius 1 is 0.490 bits per heavy atom. The van der Waals surface area contributed by atoms with Crippen molar-refractivity contribution in [3.05, 3.63) is 112 Å². The van der Waals surface area contributed by atoms with Gasteiger partial charge < -0.3 is 0 Å². The minimum absolute atomic E-state index is 0.892. The largest absolute Gasteiger partial charge is 0.255 e. The van der Waals surface area contributed by atoms with Crippen molar-refractivity contribution in [2.75, 3.05) is 0 Å². The number of rotatable bonds is 21. The highest BCUT2D eigenvalue weighted by Crippen LogP contribution is 2.47. The molecule has 0 saturated carbocycles. The van der Waals surface area contributed by atoms with Crippen molar-refractivity contribution in [1.29, 1.82) is 0 Å². The van der Waals surface area contributed by atoms with E-state index in [1.807, 2.05) is 71.5 Å². The van der Waals surface area contributed by atoms with E-state index >= 15 is 0 Å². The number of thiophene rings is 3. The van der Waals surface area contributed by atoms with Crippen LogP contribution in [-0.2, 0) is 25.7 Å².